The van der Waals surface area contributed by atoms with E-state index in [0.717, 1.165) is 56.3 Å². The number of hydrogen-bond acceptors (Lipinski definition) is 3. The van der Waals surface area contributed by atoms with Crippen LogP contribution >= 0.6 is 11.6 Å². The lowest BCUT2D eigenvalue weighted by Crippen LogP contribution is -2.36. The molecule has 1 fully saturated rings. The molecule has 1 aliphatic rings. The summed E-state index contributed by atoms with van der Waals surface area (Å²) in [4.78, 5) is 2.30. The van der Waals surface area contributed by atoms with Crippen LogP contribution < -0.4 is 10.2 Å². The molecule has 0 unspecified atom stereocenters. The highest BCUT2D eigenvalue weighted by molar-refractivity contribution is 6.33. The van der Waals surface area contributed by atoms with Gasteiger partial charge in [0, 0.05) is 32.8 Å². The normalized spacial score (nSPS) is 16.4. The topological polar surface area (TPSA) is 24.5 Å². The highest BCUT2D eigenvalue weighted by Gasteiger charge is 2.20. The van der Waals surface area contributed by atoms with E-state index in [0.29, 0.717) is 6.04 Å². The summed E-state index contributed by atoms with van der Waals surface area (Å²) in [5.74, 6) is 0. The van der Waals surface area contributed by atoms with Crippen LogP contribution in [0.4, 0.5) is 5.69 Å². The summed E-state index contributed by atoms with van der Waals surface area (Å²) in [6.07, 6.45) is 3.30. The lowest BCUT2D eigenvalue weighted by atomic mass is 10.1. The van der Waals surface area contributed by atoms with Gasteiger partial charge in [0.25, 0.3) is 0 Å². The summed E-state index contributed by atoms with van der Waals surface area (Å²) in [5, 5.41) is 4.24. The molecule has 4 heteroatoms. The fourth-order valence-electron chi connectivity index (χ4n) is 2.63. The molecule has 1 heterocycles. The van der Waals surface area contributed by atoms with Gasteiger partial charge in [-0.15, -0.1) is 0 Å². The molecule has 3 nitrogen and oxygen atoms in total. The number of halogens is 1. The van der Waals surface area contributed by atoms with Gasteiger partial charge in [0.2, 0.25) is 0 Å². The van der Waals surface area contributed by atoms with Crippen LogP contribution in [0.25, 0.3) is 0 Å². The predicted molar refractivity (Wildman–Crippen MR) is 85.7 cm³/mol. The zero-order valence-corrected chi connectivity index (χ0v) is 13.2. The second-order valence-electron chi connectivity index (χ2n) is 5.42. The minimum atomic E-state index is 0.533. The fraction of sp³-hybridized carbons (Fsp3) is 0.625. The van der Waals surface area contributed by atoms with E-state index in [1.54, 1.807) is 0 Å². The number of hydrogen-bond donors (Lipinski definition) is 1. The third-order valence-corrected chi connectivity index (χ3v) is 4.19. The Morgan fingerprint density at radius 2 is 2.10 bits per heavy atom. The average molecular weight is 297 g/mol. The molecule has 0 aliphatic carbocycles. The molecule has 2 rings (SSSR count). The van der Waals surface area contributed by atoms with Crippen molar-refractivity contribution in [3.63, 3.8) is 0 Å². The minimum absolute atomic E-state index is 0.533. The maximum absolute atomic E-state index is 6.46. The summed E-state index contributed by atoms with van der Waals surface area (Å²) >= 11 is 6.46. The van der Waals surface area contributed by atoms with Crippen LogP contribution in [0.1, 0.15) is 31.7 Å². The Balaban J connectivity index is 2.00. The molecule has 0 spiro atoms. The summed E-state index contributed by atoms with van der Waals surface area (Å²) in [5.41, 5.74) is 2.37. The Morgan fingerprint density at radius 1 is 1.35 bits per heavy atom. The van der Waals surface area contributed by atoms with E-state index in [9.17, 15) is 0 Å². The molecule has 1 saturated heterocycles. The van der Waals surface area contributed by atoms with Crippen molar-refractivity contribution in [2.45, 2.75) is 38.8 Å². The Morgan fingerprint density at radius 3 is 2.75 bits per heavy atom. The van der Waals surface area contributed by atoms with Crippen LogP contribution in [0.15, 0.2) is 18.2 Å². The standard InChI is InChI=1S/C16H25ClN2O/c1-3-8-18-12-13-4-5-16(15(17)11-13)19(2)14-6-9-20-10-7-14/h4-5,11,14,18H,3,6-10,12H2,1-2H3. The molecule has 0 radical (unpaired) electrons. The first-order valence-electron chi connectivity index (χ1n) is 7.52. The Labute approximate surface area is 127 Å². The summed E-state index contributed by atoms with van der Waals surface area (Å²) in [7, 11) is 2.13. The van der Waals surface area contributed by atoms with Crippen LogP contribution in [0.3, 0.4) is 0 Å². The summed E-state index contributed by atoms with van der Waals surface area (Å²) < 4.78 is 5.42. The van der Waals surface area contributed by atoms with Gasteiger partial charge in [-0.1, -0.05) is 24.6 Å². The molecule has 1 aromatic rings. The minimum Gasteiger partial charge on any atom is -0.381 e. The van der Waals surface area contributed by atoms with Gasteiger partial charge >= 0.3 is 0 Å². The van der Waals surface area contributed by atoms with Gasteiger partial charge < -0.3 is 15.0 Å². The molecule has 20 heavy (non-hydrogen) atoms. The molecule has 112 valence electrons. The molecule has 1 N–H and O–H groups in total. The molecule has 0 saturated carbocycles. The molecular weight excluding hydrogens is 272 g/mol. The van der Waals surface area contributed by atoms with E-state index in [1.165, 1.54) is 5.56 Å². The Kier molecular flexibility index (Phi) is 6.14. The number of ether oxygens (including phenoxy) is 1. The number of nitrogens with one attached hydrogen (secondary N) is 1. The van der Waals surface area contributed by atoms with Crippen LogP contribution in [-0.2, 0) is 11.3 Å². The highest BCUT2D eigenvalue weighted by atomic mass is 35.5. The van der Waals surface area contributed by atoms with E-state index in [-0.39, 0.29) is 0 Å². The molecular formula is C16H25ClN2O. The smallest absolute Gasteiger partial charge is 0.0642 e. The monoisotopic (exact) mass is 296 g/mol. The van der Waals surface area contributed by atoms with Crippen LogP contribution in [0.2, 0.25) is 5.02 Å². The number of anilines is 1. The van der Waals surface area contributed by atoms with Gasteiger partial charge in [0.05, 0.1) is 10.7 Å². The van der Waals surface area contributed by atoms with Crippen LogP contribution in [0.5, 0.6) is 0 Å². The molecule has 0 atom stereocenters. The molecule has 1 aliphatic heterocycles. The van der Waals surface area contributed by atoms with Gasteiger partial charge in [-0.25, -0.2) is 0 Å². The number of rotatable bonds is 6. The quantitative estimate of drug-likeness (QED) is 0.814. The first-order valence-corrected chi connectivity index (χ1v) is 7.90. The van der Waals surface area contributed by atoms with E-state index >= 15 is 0 Å². The Hall–Kier alpha value is -0.770. The molecule has 0 bridgehead atoms. The lowest BCUT2D eigenvalue weighted by Gasteiger charge is -2.33. The predicted octanol–water partition coefficient (Wildman–Crippen LogP) is 3.45. The molecule has 0 amide bonds. The highest BCUT2D eigenvalue weighted by Crippen LogP contribution is 2.29. The van der Waals surface area contributed by atoms with Crippen molar-refractivity contribution in [2.24, 2.45) is 0 Å². The second-order valence-corrected chi connectivity index (χ2v) is 5.82. The largest absolute Gasteiger partial charge is 0.381 e. The van der Waals surface area contributed by atoms with Gasteiger partial charge in [-0.2, -0.15) is 0 Å². The van der Waals surface area contributed by atoms with Gasteiger partial charge in [0.15, 0.2) is 0 Å². The van der Waals surface area contributed by atoms with Crippen molar-refractivity contribution in [3.05, 3.63) is 28.8 Å². The number of benzene rings is 1. The van der Waals surface area contributed by atoms with Gasteiger partial charge in [0.1, 0.15) is 0 Å². The maximum Gasteiger partial charge on any atom is 0.0642 e. The van der Waals surface area contributed by atoms with Crippen molar-refractivity contribution in [2.75, 3.05) is 31.7 Å². The van der Waals surface area contributed by atoms with E-state index in [2.05, 4.69) is 42.4 Å². The van der Waals surface area contributed by atoms with Gasteiger partial charge in [-0.3, -0.25) is 0 Å². The van der Waals surface area contributed by atoms with Crippen molar-refractivity contribution in [1.29, 1.82) is 0 Å². The van der Waals surface area contributed by atoms with Crippen molar-refractivity contribution >= 4 is 17.3 Å². The first-order chi connectivity index (χ1) is 9.72. The van der Waals surface area contributed by atoms with Crippen molar-refractivity contribution in [1.82, 2.24) is 5.32 Å². The van der Waals surface area contributed by atoms with E-state index in [4.69, 9.17) is 16.3 Å². The third kappa shape index (κ3) is 4.11. The number of nitrogens with zero attached hydrogens (tertiary/aromatic N) is 1. The second kappa shape index (κ2) is 7.87. The first kappa shape index (κ1) is 15.6. The van der Waals surface area contributed by atoms with E-state index < -0.39 is 0 Å². The summed E-state index contributed by atoms with van der Waals surface area (Å²) in [6, 6.07) is 6.92. The van der Waals surface area contributed by atoms with Gasteiger partial charge in [-0.05, 0) is 43.5 Å². The zero-order valence-electron chi connectivity index (χ0n) is 12.5. The van der Waals surface area contributed by atoms with Crippen LogP contribution in [0, 0.1) is 0 Å². The third-order valence-electron chi connectivity index (χ3n) is 3.89. The molecule has 0 aromatic heterocycles. The van der Waals surface area contributed by atoms with E-state index in [1.807, 2.05) is 0 Å². The maximum atomic E-state index is 6.46. The van der Waals surface area contributed by atoms with Crippen molar-refractivity contribution in [3.8, 4) is 0 Å². The fourth-order valence-corrected chi connectivity index (χ4v) is 2.96. The zero-order chi connectivity index (χ0) is 14.4. The summed E-state index contributed by atoms with van der Waals surface area (Å²) in [6.45, 7) is 5.80. The van der Waals surface area contributed by atoms with Crippen LogP contribution in [-0.4, -0.2) is 32.8 Å². The van der Waals surface area contributed by atoms with Crippen molar-refractivity contribution < 1.29 is 4.74 Å². The molecule has 1 aromatic carbocycles. The lowest BCUT2D eigenvalue weighted by molar-refractivity contribution is 0.0855. The Bertz CT molecular complexity index is 419. The average Bonchev–Trinajstić information content (AvgIpc) is 2.48. The SMILES string of the molecule is CCCNCc1ccc(N(C)C2CCOCC2)c(Cl)c1.